The maximum Gasteiger partial charge on any atom is 0.0656 e. The zero-order chi connectivity index (χ0) is 12.0. The lowest BCUT2D eigenvalue weighted by Crippen LogP contribution is -2.15. The molecule has 0 saturated carbocycles. The predicted molar refractivity (Wildman–Crippen MR) is 72.9 cm³/mol. The van der Waals surface area contributed by atoms with Crippen LogP contribution in [0.3, 0.4) is 0 Å². The Morgan fingerprint density at radius 2 is 1.81 bits per heavy atom. The lowest BCUT2D eigenvalue weighted by Gasteiger charge is -2.14. The first kappa shape index (κ1) is 13.5. The Balaban J connectivity index is 2.60. The van der Waals surface area contributed by atoms with E-state index in [4.69, 9.17) is 23.2 Å². The van der Waals surface area contributed by atoms with Gasteiger partial charge >= 0.3 is 0 Å². The van der Waals surface area contributed by atoms with E-state index in [0.717, 1.165) is 17.9 Å². The minimum Gasteiger partial charge on any atom is -0.382 e. The zero-order valence-electron chi connectivity index (χ0n) is 9.56. The molecule has 2 atom stereocenters. The molecular formula is C12H17Cl2N2. The molecule has 0 aliphatic carbocycles. The molecule has 0 amide bonds. The third kappa shape index (κ3) is 4.95. The van der Waals surface area contributed by atoms with Crippen LogP contribution < -0.4 is 10.6 Å². The first-order valence-corrected chi connectivity index (χ1v) is 6.23. The molecule has 0 aliphatic heterocycles. The van der Waals surface area contributed by atoms with Gasteiger partial charge in [-0.05, 0) is 19.9 Å². The summed E-state index contributed by atoms with van der Waals surface area (Å²) in [6.07, 6.45) is 0. The smallest absolute Gasteiger partial charge is 0.0656 e. The fourth-order valence-electron chi connectivity index (χ4n) is 1.22. The Morgan fingerprint density at radius 1 is 1.19 bits per heavy atom. The first-order valence-electron chi connectivity index (χ1n) is 5.36. The second-order valence-electron chi connectivity index (χ2n) is 3.78. The monoisotopic (exact) mass is 259 g/mol. The molecule has 1 radical (unpaired) electrons. The molecule has 0 saturated heterocycles. The highest BCUT2D eigenvalue weighted by Gasteiger charge is 2.03. The molecule has 0 fully saturated rings. The summed E-state index contributed by atoms with van der Waals surface area (Å²) >= 11 is 11.8. The van der Waals surface area contributed by atoms with Crippen molar-refractivity contribution in [2.75, 3.05) is 23.7 Å². The van der Waals surface area contributed by atoms with Gasteiger partial charge in [0, 0.05) is 29.9 Å². The minimum atomic E-state index is 0.0911. The molecular weight excluding hydrogens is 243 g/mol. The van der Waals surface area contributed by atoms with Gasteiger partial charge in [-0.1, -0.05) is 12.1 Å². The summed E-state index contributed by atoms with van der Waals surface area (Å²) in [4.78, 5) is 0. The average Bonchev–Trinajstić information content (AvgIpc) is 2.24. The van der Waals surface area contributed by atoms with Crippen molar-refractivity contribution >= 4 is 34.6 Å². The summed E-state index contributed by atoms with van der Waals surface area (Å²) in [5.74, 6) is 0. The van der Waals surface area contributed by atoms with Gasteiger partial charge in [-0.15, -0.1) is 23.2 Å². The molecule has 0 aromatic heterocycles. The minimum absolute atomic E-state index is 0.0911. The highest BCUT2D eigenvalue weighted by molar-refractivity contribution is 6.20. The van der Waals surface area contributed by atoms with Crippen LogP contribution in [0.15, 0.2) is 18.2 Å². The number of rotatable bonds is 6. The van der Waals surface area contributed by atoms with Crippen molar-refractivity contribution in [3.63, 3.8) is 0 Å². The Bertz CT molecular complexity index is 283. The Hall–Kier alpha value is -0.600. The summed E-state index contributed by atoms with van der Waals surface area (Å²) in [5, 5.41) is 6.70. The van der Waals surface area contributed by atoms with Crippen LogP contribution in [0.4, 0.5) is 11.4 Å². The van der Waals surface area contributed by atoms with Crippen LogP contribution in [0, 0.1) is 6.07 Å². The second kappa shape index (κ2) is 6.87. The van der Waals surface area contributed by atoms with Crippen LogP contribution in [0.1, 0.15) is 13.8 Å². The van der Waals surface area contributed by atoms with Crippen molar-refractivity contribution in [2.24, 2.45) is 0 Å². The van der Waals surface area contributed by atoms with E-state index in [9.17, 15) is 0 Å². The third-order valence-electron chi connectivity index (χ3n) is 1.99. The maximum atomic E-state index is 5.89. The standard InChI is InChI=1S/C12H17Cl2N2/c1-9(13)7-15-11-5-3-4-6-12(11)16-8-10(2)14/h3-5,9-10,15-16H,7-8H2,1-2H3. The predicted octanol–water partition coefficient (Wildman–Crippen LogP) is 3.57. The number of halogens is 2. The number of hydrogen-bond acceptors (Lipinski definition) is 2. The molecule has 2 nitrogen and oxygen atoms in total. The Morgan fingerprint density at radius 3 is 2.44 bits per heavy atom. The fourth-order valence-corrected chi connectivity index (χ4v) is 1.38. The molecule has 89 valence electrons. The van der Waals surface area contributed by atoms with Gasteiger partial charge in [-0.2, -0.15) is 0 Å². The van der Waals surface area contributed by atoms with Crippen molar-refractivity contribution < 1.29 is 0 Å². The van der Waals surface area contributed by atoms with Crippen LogP contribution in [-0.2, 0) is 0 Å². The summed E-state index contributed by atoms with van der Waals surface area (Å²) in [6, 6.07) is 8.95. The third-order valence-corrected chi connectivity index (χ3v) is 2.30. The van der Waals surface area contributed by atoms with E-state index in [2.05, 4.69) is 16.7 Å². The lowest BCUT2D eigenvalue weighted by molar-refractivity contribution is 0.975. The van der Waals surface area contributed by atoms with Gasteiger partial charge in [-0.3, -0.25) is 0 Å². The van der Waals surface area contributed by atoms with E-state index in [1.54, 1.807) is 0 Å². The van der Waals surface area contributed by atoms with Crippen molar-refractivity contribution in [2.45, 2.75) is 24.6 Å². The van der Waals surface area contributed by atoms with Gasteiger partial charge in [0.05, 0.1) is 11.4 Å². The van der Waals surface area contributed by atoms with E-state index in [1.165, 1.54) is 0 Å². The summed E-state index contributed by atoms with van der Waals surface area (Å²) < 4.78 is 0. The molecule has 1 rings (SSSR count). The number of alkyl halides is 2. The second-order valence-corrected chi connectivity index (χ2v) is 5.27. The lowest BCUT2D eigenvalue weighted by atomic mass is 10.2. The highest BCUT2D eigenvalue weighted by Crippen LogP contribution is 2.20. The van der Waals surface area contributed by atoms with Crippen LogP contribution in [0.5, 0.6) is 0 Å². The van der Waals surface area contributed by atoms with Gasteiger partial charge in [-0.25, -0.2) is 0 Å². The number of para-hydroxylation sites is 1. The van der Waals surface area contributed by atoms with E-state index >= 15 is 0 Å². The normalized spacial score (nSPS) is 14.2. The molecule has 1 aromatic carbocycles. The van der Waals surface area contributed by atoms with Gasteiger partial charge in [0.15, 0.2) is 0 Å². The van der Waals surface area contributed by atoms with Gasteiger partial charge in [0.2, 0.25) is 0 Å². The van der Waals surface area contributed by atoms with Gasteiger partial charge in [0.1, 0.15) is 0 Å². The summed E-state index contributed by atoms with van der Waals surface area (Å²) in [6.45, 7) is 5.35. The number of hydrogen-bond donors (Lipinski definition) is 2. The van der Waals surface area contributed by atoms with Crippen LogP contribution in [0.25, 0.3) is 0 Å². The molecule has 0 aliphatic rings. The Kier molecular flexibility index (Phi) is 5.78. The van der Waals surface area contributed by atoms with Crippen molar-refractivity contribution in [3.8, 4) is 0 Å². The Labute approximate surface area is 107 Å². The van der Waals surface area contributed by atoms with Crippen LogP contribution >= 0.6 is 23.2 Å². The zero-order valence-corrected chi connectivity index (χ0v) is 11.1. The van der Waals surface area contributed by atoms with Crippen LogP contribution in [0.2, 0.25) is 0 Å². The van der Waals surface area contributed by atoms with E-state index < -0.39 is 0 Å². The molecule has 0 heterocycles. The molecule has 0 spiro atoms. The largest absolute Gasteiger partial charge is 0.382 e. The number of benzene rings is 1. The molecule has 16 heavy (non-hydrogen) atoms. The van der Waals surface area contributed by atoms with E-state index in [0.29, 0.717) is 6.54 Å². The van der Waals surface area contributed by atoms with E-state index in [-0.39, 0.29) is 10.8 Å². The quantitative estimate of drug-likeness (QED) is 0.764. The molecule has 2 N–H and O–H groups in total. The van der Waals surface area contributed by atoms with Crippen molar-refractivity contribution in [3.05, 3.63) is 24.3 Å². The van der Waals surface area contributed by atoms with E-state index in [1.807, 2.05) is 32.0 Å². The molecule has 2 unspecified atom stereocenters. The number of anilines is 2. The average molecular weight is 260 g/mol. The van der Waals surface area contributed by atoms with Crippen LogP contribution in [-0.4, -0.2) is 23.8 Å². The summed E-state index contributed by atoms with van der Waals surface area (Å²) in [5.41, 5.74) is 1.94. The SMILES string of the molecule is CC(Cl)CNc1[c]cccc1NCC(C)Cl. The van der Waals surface area contributed by atoms with Crippen molar-refractivity contribution in [1.29, 1.82) is 0 Å². The highest BCUT2D eigenvalue weighted by atomic mass is 35.5. The molecule has 0 bridgehead atoms. The topological polar surface area (TPSA) is 24.1 Å². The molecule has 1 aromatic rings. The molecule has 4 heteroatoms. The van der Waals surface area contributed by atoms with Gasteiger partial charge in [0.25, 0.3) is 0 Å². The fraction of sp³-hybridized carbons (Fsp3) is 0.500. The van der Waals surface area contributed by atoms with Crippen molar-refractivity contribution in [1.82, 2.24) is 0 Å². The summed E-state index contributed by atoms with van der Waals surface area (Å²) in [7, 11) is 0. The maximum absolute atomic E-state index is 5.89. The first-order chi connectivity index (χ1) is 7.59. The van der Waals surface area contributed by atoms with Gasteiger partial charge < -0.3 is 10.6 Å². The number of nitrogens with one attached hydrogen (secondary N) is 2.